The van der Waals surface area contributed by atoms with Crippen molar-refractivity contribution in [3.63, 3.8) is 0 Å². The summed E-state index contributed by atoms with van der Waals surface area (Å²) < 4.78 is 2.40. The minimum absolute atomic E-state index is 1.08. The maximum atomic E-state index is 3.18. The Balaban J connectivity index is 2.28. The van der Waals surface area contributed by atoms with E-state index in [1.807, 2.05) is 7.05 Å². The summed E-state index contributed by atoms with van der Waals surface area (Å²) in [5, 5.41) is 4.53. The molecular weight excluding hydrogens is 184 g/mol. The number of nitrogens with one attached hydrogen (secondary N) is 1. The number of hydrogen-bond donors (Lipinski definition) is 1. The Morgan fingerprint density at radius 2 is 2.07 bits per heavy atom. The smallest absolute Gasteiger partial charge is 0.0482 e. The predicted molar refractivity (Wildman–Crippen MR) is 65.2 cm³/mol. The van der Waals surface area contributed by atoms with Crippen molar-refractivity contribution in [1.82, 2.24) is 9.88 Å². The molecule has 0 spiro atoms. The van der Waals surface area contributed by atoms with E-state index in [2.05, 4.69) is 47.1 Å². The standard InChI is InChI=1S/C13H18N2/c1-11-10-12-6-3-4-7-13(12)15(11)9-5-8-14-2/h3-4,6-7,10,14H,5,8-9H2,1-2H3. The van der Waals surface area contributed by atoms with Crippen LogP contribution in [0.25, 0.3) is 10.9 Å². The lowest BCUT2D eigenvalue weighted by molar-refractivity contribution is 0.618. The van der Waals surface area contributed by atoms with Crippen molar-refractivity contribution in [1.29, 1.82) is 0 Å². The number of benzene rings is 1. The zero-order chi connectivity index (χ0) is 10.7. The molecule has 1 aromatic carbocycles. The lowest BCUT2D eigenvalue weighted by Crippen LogP contribution is -2.11. The molecule has 2 aromatic rings. The first-order valence-corrected chi connectivity index (χ1v) is 5.52. The van der Waals surface area contributed by atoms with Crippen molar-refractivity contribution in [3.8, 4) is 0 Å². The van der Waals surface area contributed by atoms with Crippen molar-refractivity contribution in [2.75, 3.05) is 13.6 Å². The van der Waals surface area contributed by atoms with Gasteiger partial charge in [-0.05, 0) is 44.5 Å². The van der Waals surface area contributed by atoms with Gasteiger partial charge in [0.05, 0.1) is 0 Å². The fourth-order valence-corrected chi connectivity index (χ4v) is 2.06. The van der Waals surface area contributed by atoms with Crippen LogP contribution in [0.3, 0.4) is 0 Å². The molecular formula is C13H18N2. The van der Waals surface area contributed by atoms with Crippen LogP contribution in [0, 0.1) is 6.92 Å². The van der Waals surface area contributed by atoms with Crippen LogP contribution in [-0.4, -0.2) is 18.2 Å². The Hall–Kier alpha value is -1.28. The van der Waals surface area contributed by atoms with Gasteiger partial charge in [-0.3, -0.25) is 0 Å². The van der Waals surface area contributed by atoms with Crippen LogP contribution in [0.5, 0.6) is 0 Å². The van der Waals surface area contributed by atoms with Gasteiger partial charge in [0.2, 0.25) is 0 Å². The summed E-state index contributed by atoms with van der Waals surface area (Å²) in [6.07, 6.45) is 1.18. The van der Waals surface area contributed by atoms with Crippen LogP contribution in [0.1, 0.15) is 12.1 Å². The van der Waals surface area contributed by atoms with Crippen LogP contribution < -0.4 is 5.32 Å². The van der Waals surface area contributed by atoms with E-state index in [0.717, 1.165) is 13.1 Å². The maximum Gasteiger partial charge on any atom is 0.0482 e. The Kier molecular flexibility index (Phi) is 3.07. The number of nitrogens with zero attached hydrogens (tertiary/aromatic N) is 1. The summed E-state index contributed by atoms with van der Waals surface area (Å²) in [4.78, 5) is 0. The SMILES string of the molecule is CNCCCn1c(C)cc2ccccc21. The lowest BCUT2D eigenvalue weighted by atomic mass is 10.2. The van der Waals surface area contributed by atoms with E-state index in [1.165, 1.54) is 23.0 Å². The summed E-state index contributed by atoms with van der Waals surface area (Å²) in [7, 11) is 2.00. The summed E-state index contributed by atoms with van der Waals surface area (Å²) in [5.74, 6) is 0. The molecule has 0 unspecified atom stereocenters. The van der Waals surface area contributed by atoms with Gasteiger partial charge in [0, 0.05) is 17.8 Å². The third-order valence-corrected chi connectivity index (χ3v) is 2.83. The molecule has 2 rings (SSSR count). The second kappa shape index (κ2) is 4.49. The third-order valence-electron chi connectivity index (χ3n) is 2.83. The van der Waals surface area contributed by atoms with Crippen LogP contribution >= 0.6 is 0 Å². The Labute approximate surface area is 90.9 Å². The highest BCUT2D eigenvalue weighted by Gasteiger charge is 2.03. The second-order valence-corrected chi connectivity index (χ2v) is 3.95. The molecule has 1 heterocycles. The first-order valence-electron chi connectivity index (χ1n) is 5.52. The van der Waals surface area contributed by atoms with Crippen LogP contribution in [0.2, 0.25) is 0 Å². The molecule has 1 N–H and O–H groups in total. The Morgan fingerprint density at radius 3 is 2.87 bits per heavy atom. The van der Waals surface area contributed by atoms with E-state index in [-0.39, 0.29) is 0 Å². The first-order chi connectivity index (χ1) is 7.33. The van der Waals surface area contributed by atoms with Gasteiger partial charge < -0.3 is 9.88 Å². The molecule has 15 heavy (non-hydrogen) atoms. The maximum absolute atomic E-state index is 3.18. The van der Waals surface area contributed by atoms with Crippen LogP contribution in [0.4, 0.5) is 0 Å². The number of fused-ring (bicyclic) bond motifs is 1. The quantitative estimate of drug-likeness (QED) is 0.754. The van der Waals surface area contributed by atoms with E-state index in [4.69, 9.17) is 0 Å². The first kappa shape index (κ1) is 10.2. The molecule has 0 amide bonds. The fourth-order valence-electron chi connectivity index (χ4n) is 2.06. The van der Waals surface area contributed by atoms with Crippen molar-refractivity contribution >= 4 is 10.9 Å². The van der Waals surface area contributed by atoms with Gasteiger partial charge in [-0.2, -0.15) is 0 Å². The minimum Gasteiger partial charge on any atom is -0.345 e. The van der Waals surface area contributed by atoms with Gasteiger partial charge in [0.25, 0.3) is 0 Å². The largest absolute Gasteiger partial charge is 0.345 e. The van der Waals surface area contributed by atoms with Crippen molar-refractivity contribution < 1.29 is 0 Å². The van der Waals surface area contributed by atoms with Gasteiger partial charge in [-0.25, -0.2) is 0 Å². The monoisotopic (exact) mass is 202 g/mol. The highest BCUT2D eigenvalue weighted by molar-refractivity contribution is 5.81. The van der Waals surface area contributed by atoms with Crippen molar-refractivity contribution in [3.05, 3.63) is 36.0 Å². The number of aryl methyl sites for hydroxylation is 2. The number of para-hydroxylation sites is 1. The highest BCUT2D eigenvalue weighted by Crippen LogP contribution is 2.19. The molecule has 0 radical (unpaired) electrons. The number of rotatable bonds is 4. The number of aromatic nitrogens is 1. The molecule has 1 aromatic heterocycles. The summed E-state index contributed by atoms with van der Waals surface area (Å²) >= 11 is 0. The molecule has 0 fully saturated rings. The van der Waals surface area contributed by atoms with Crippen molar-refractivity contribution in [2.24, 2.45) is 0 Å². The molecule has 0 aliphatic heterocycles. The van der Waals surface area contributed by atoms with E-state index >= 15 is 0 Å². The molecule has 80 valence electrons. The van der Waals surface area contributed by atoms with E-state index in [9.17, 15) is 0 Å². The van der Waals surface area contributed by atoms with Crippen LogP contribution in [-0.2, 0) is 6.54 Å². The van der Waals surface area contributed by atoms with E-state index < -0.39 is 0 Å². The predicted octanol–water partition coefficient (Wildman–Crippen LogP) is 2.56. The van der Waals surface area contributed by atoms with Gasteiger partial charge in [0.15, 0.2) is 0 Å². The molecule has 2 nitrogen and oxygen atoms in total. The molecule has 0 bridgehead atoms. The second-order valence-electron chi connectivity index (χ2n) is 3.95. The summed E-state index contributed by atoms with van der Waals surface area (Å²) in [6, 6.07) is 10.8. The highest BCUT2D eigenvalue weighted by atomic mass is 15.0. The summed E-state index contributed by atoms with van der Waals surface area (Å²) in [6.45, 7) is 4.35. The van der Waals surface area contributed by atoms with E-state index in [0.29, 0.717) is 0 Å². The molecule has 0 aliphatic rings. The van der Waals surface area contributed by atoms with Crippen LogP contribution in [0.15, 0.2) is 30.3 Å². The topological polar surface area (TPSA) is 17.0 Å². The zero-order valence-corrected chi connectivity index (χ0v) is 9.46. The molecule has 0 saturated carbocycles. The summed E-state index contributed by atoms with van der Waals surface area (Å²) in [5.41, 5.74) is 2.71. The minimum atomic E-state index is 1.08. The average molecular weight is 202 g/mol. The average Bonchev–Trinajstić information content (AvgIpc) is 2.56. The third kappa shape index (κ3) is 2.05. The van der Waals surface area contributed by atoms with Gasteiger partial charge >= 0.3 is 0 Å². The number of hydrogen-bond acceptors (Lipinski definition) is 1. The van der Waals surface area contributed by atoms with Gasteiger partial charge in [0.1, 0.15) is 0 Å². The fraction of sp³-hybridized carbons (Fsp3) is 0.385. The van der Waals surface area contributed by atoms with E-state index in [1.54, 1.807) is 0 Å². The Morgan fingerprint density at radius 1 is 1.27 bits per heavy atom. The van der Waals surface area contributed by atoms with Gasteiger partial charge in [-0.1, -0.05) is 18.2 Å². The lowest BCUT2D eigenvalue weighted by Gasteiger charge is -2.07. The molecule has 0 saturated heterocycles. The molecule has 0 atom stereocenters. The van der Waals surface area contributed by atoms with Crippen molar-refractivity contribution in [2.45, 2.75) is 19.9 Å². The van der Waals surface area contributed by atoms with Gasteiger partial charge in [-0.15, -0.1) is 0 Å². The molecule has 2 heteroatoms. The Bertz CT molecular complexity index is 443. The normalized spacial score (nSPS) is 11.1. The molecule has 0 aliphatic carbocycles. The zero-order valence-electron chi connectivity index (χ0n) is 9.46.